The lowest BCUT2D eigenvalue weighted by Crippen LogP contribution is -1.76. The Balaban J connectivity index is 2.76. The number of para-hydroxylation sites is 1. The molecule has 0 radical (unpaired) electrons. The lowest BCUT2D eigenvalue weighted by Gasteiger charge is -1.90. The van der Waals surface area contributed by atoms with Crippen LogP contribution >= 0.6 is 0 Å². The molecule has 2 aromatic rings. The highest BCUT2D eigenvalue weighted by Crippen LogP contribution is 2.16. The third kappa shape index (κ3) is 0.917. The topological polar surface area (TPSA) is 36.0 Å². The van der Waals surface area contributed by atoms with Gasteiger partial charge in [0.05, 0.1) is 6.61 Å². The first-order valence-corrected chi connectivity index (χ1v) is 3.57. The summed E-state index contributed by atoms with van der Waals surface area (Å²) in [5.41, 5.74) is 2.04. The van der Waals surface area contributed by atoms with Gasteiger partial charge < -0.3 is 10.1 Å². The molecule has 0 aliphatic carbocycles. The van der Waals surface area contributed by atoms with Gasteiger partial charge in [-0.15, -0.1) is 0 Å². The van der Waals surface area contributed by atoms with Crippen LogP contribution in [0.1, 0.15) is 5.56 Å². The molecule has 0 unspecified atom stereocenters. The summed E-state index contributed by atoms with van der Waals surface area (Å²) in [6.07, 6.45) is 1.84. The van der Waals surface area contributed by atoms with Crippen molar-refractivity contribution in [2.45, 2.75) is 6.61 Å². The van der Waals surface area contributed by atoms with E-state index in [4.69, 9.17) is 5.11 Å². The van der Waals surface area contributed by atoms with Crippen molar-refractivity contribution < 1.29 is 5.11 Å². The number of aromatic amines is 1. The molecule has 1 aromatic heterocycles. The molecular weight excluding hydrogens is 139 g/mol. The van der Waals surface area contributed by atoms with E-state index in [1.807, 2.05) is 30.5 Å². The van der Waals surface area contributed by atoms with E-state index in [0.29, 0.717) is 0 Å². The molecule has 0 saturated heterocycles. The summed E-state index contributed by atoms with van der Waals surface area (Å²) in [7, 11) is 0. The van der Waals surface area contributed by atoms with Crippen molar-refractivity contribution in [1.82, 2.24) is 4.98 Å². The number of rotatable bonds is 1. The smallest absolute Gasteiger partial charge is 0.0702 e. The van der Waals surface area contributed by atoms with Gasteiger partial charge in [-0.1, -0.05) is 18.2 Å². The molecule has 0 amide bonds. The molecule has 11 heavy (non-hydrogen) atoms. The Morgan fingerprint density at radius 2 is 2.09 bits per heavy atom. The third-order valence-electron chi connectivity index (χ3n) is 1.85. The van der Waals surface area contributed by atoms with Crippen LogP contribution in [0.15, 0.2) is 30.5 Å². The second-order valence-electron chi connectivity index (χ2n) is 2.52. The van der Waals surface area contributed by atoms with Crippen LogP contribution in [0.4, 0.5) is 0 Å². The molecule has 1 heterocycles. The Morgan fingerprint density at radius 3 is 2.91 bits per heavy atom. The molecule has 1 aromatic carbocycles. The second kappa shape index (κ2) is 2.40. The van der Waals surface area contributed by atoms with Crippen molar-refractivity contribution in [2.75, 3.05) is 0 Å². The normalized spacial score (nSPS) is 10.6. The minimum atomic E-state index is 0.101. The molecular formula is C9H9NO. The molecule has 0 atom stereocenters. The first kappa shape index (κ1) is 6.43. The van der Waals surface area contributed by atoms with Crippen LogP contribution in [0.2, 0.25) is 0 Å². The van der Waals surface area contributed by atoms with Crippen LogP contribution in [0, 0.1) is 0 Å². The van der Waals surface area contributed by atoms with Gasteiger partial charge in [-0.25, -0.2) is 0 Å². The van der Waals surface area contributed by atoms with E-state index in [0.717, 1.165) is 16.5 Å². The molecule has 2 N–H and O–H groups in total. The molecule has 2 heteroatoms. The highest BCUT2D eigenvalue weighted by atomic mass is 16.3. The molecule has 0 bridgehead atoms. The van der Waals surface area contributed by atoms with Crippen LogP contribution in [-0.2, 0) is 6.61 Å². The van der Waals surface area contributed by atoms with Gasteiger partial charge >= 0.3 is 0 Å². The average molecular weight is 148 g/mol. The summed E-state index contributed by atoms with van der Waals surface area (Å²) in [4.78, 5) is 3.08. The first-order chi connectivity index (χ1) is 5.42. The Labute approximate surface area is 64.5 Å². The van der Waals surface area contributed by atoms with Gasteiger partial charge in [0.1, 0.15) is 0 Å². The number of aliphatic hydroxyl groups excluding tert-OH is 1. The summed E-state index contributed by atoms with van der Waals surface area (Å²) >= 11 is 0. The number of fused-ring (bicyclic) bond motifs is 1. The van der Waals surface area contributed by atoms with E-state index >= 15 is 0 Å². The number of hydrogen-bond donors (Lipinski definition) is 2. The maximum Gasteiger partial charge on any atom is 0.0702 e. The van der Waals surface area contributed by atoms with Gasteiger partial charge in [0.25, 0.3) is 0 Å². The maximum absolute atomic E-state index is 8.90. The fraction of sp³-hybridized carbons (Fsp3) is 0.111. The van der Waals surface area contributed by atoms with Crippen molar-refractivity contribution in [3.8, 4) is 0 Å². The van der Waals surface area contributed by atoms with E-state index in [2.05, 4.69) is 4.98 Å². The molecule has 0 aliphatic rings. The van der Waals surface area contributed by atoms with Gasteiger partial charge in [0.15, 0.2) is 0 Å². The Bertz CT molecular complexity index is 364. The van der Waals surface area contributed by atoms with Gasteiger partial charge in [0, 0.05) is 22.7 Å². The average Bonchev–Trinajstić information content (AvgIpc) is 2.47. The number of benzene rings is 1. The fourth-order valence-corrected chi connectivity index (χ4v) is 1.26. The summed E-state index contributed by atoms with van der Waals surface area (Å²) in [6.45, 7) is 0.101. The van der Waals surface area contributed by atoms with Gasteiger partial charge in [0.2, 0.25) is 0 Å². The predicted molar refractivity (Wildman–Crippen MR) is 44.2 cm³/mol. The minimum absolute atomic E-state index is 0.101. The van der Waals surface area contributed by atoms with Crippen molar-refractivity contribution >= 4 is 10.9 Å². The minimum Gasteiger partial charge on any atom is -0.392 e. The van der Waals surface area contributed by atoms with Crippen molar-refractivity contribution in [3.05, 3.63) is 36.0 Å². The van der Waals surface area contributed by atoms with Crippen LogP contribution in [0.25, 0.3) is 10.9 Å². The van der Waals surface area contributed by atoms with Gasteiger partial charge in [-0.05, 0) is 6.07 Å². The molecule has 2 nitrogen and oxygen atoms in total. The Morgan fingerprint density at radius 1 is 1.27 bits per heavy atom. The Hall–Kier alpha value is -1.28. The molecule has 2 rings (SSSR count). The number of aliphatic hydroxyl groups is 1. The van der Waals surface area contributed by atoms with Gasteiger partial charge in [-0.2, -0.15) is 0 Å². The van der Waals surface area contributed by atoms with Crippen molar-refractivity contribution in [3.63, 3.8) is 0 Å². The summed E-state index contributed by atoms with van der Waals surface area (Å²) < 4.78 is 0. The van der Waals surface area contributed by atoms with Gasteiger partial charge in [-0.3, -0.25) is 0 Å². The predicted octanol–water partition coefficient (Wildman–Crippen LogP) is 1.66. The molecule has 56 valence electrons. The van der Waals surface area contributed by atoms with Crippen molar-refractivity contribution in [2.24, 2.45) is 0 Å². The number of H-pyrrole nitrogens is 1. The van der Waals surface area contributed by atoms with E-state index in [9.17, 15) is 0 Å². The highest BCUT2D eigenvalue weighted by Gasteiger charge is 1.98. The monoisotopic (exact) mass is 148 g/mol. The van der Waals surface area contributed by atoms with E-state index in [1.165, 1.54) is 0 Å². The zero-order chi connectivity index (χ0) is 7.68. The fourth-order valence-electron chi connectivity index (χ4n) is 1.26. The van der Waals surface area contributed by atoms with Crippen LogP contribution < -0.4 is 0 Å². The third-order valence-corrected chi connectivity index (χ3v) is 1.85. The molecule has 0 spiro atoms. The first-order valence-electron chi connectivity index (χ1n) is 3.57. The summed E-state index contributed by atoms with van der Waals surface area (Å²) in [6, 6.07) is 7.93. The van der Waals surface area contributed by atoms with Crippen LogP contribution in [0.5, 0.6) is 0 Å². The number of aromatic nitrogens is 1. The SMILES string of the molecule is O[13CH2]c1c[nH]c2ccccc12. The largest absolute Gasteiger partial charge is 0.392 e. The Kier molecular flexibility index (Phi) is 1.40. The highest BCUT2D eigenvalue weighted by molar-refractivity contribution is 5.82. The molecule has 0 aliphatic heterocycles. The van der Waals surface area contributed by atoms with E-state index in [-0.39, 0.29) is 6.61 Å². The molecule has 0 saturated carbocycles. The zero-order valence-corrected chi connectivity index (χ0v) is 6.04. The summed E-state index contributed by atoms with van der Waals surface area (Å²) in [5.74, 6) is 0. The van der Waals surface area contributed by atoms with E-state index < -0.39 is 0 Å². The lowest BCUT2D eigenvalue weighted by molar-refractivity contribution is 0.283. The summed E-state index contributed by atoms with van der Waals surface area (Å²) in [5, 5.41) is 10.0. The van der Waals surface area contributed by atoms with Crippen LogP contribution in [-0.4, -0.2) is 10.1 Å². The van der Waals surface area contributed by atoms with Crippen molar-refractivity contribution in [1.29, 1.82) is 0 Å². The maximum atomic E-state index is 8.90. The number of hydrogen-bond acceptors (Lipinski definition) is 1. The standard InChI is InChI=1S/C9H9NO/c11-6-7-5-10-9-4-2-1-3-8(7)9/h1-5,10-11H,6H2/i6+1. The van der Waals surface area contributed by atoms with E-state index in [1.54, 1.807) is 0 Å². The quantitative estimate of drug-likeness (QED) is 0.593. The van der Waals surface area contributed by atoms with Crippen LogP contribution in [0.3, 0.4) is 0 Å². The molecule has 0 fully saturated rings. The zero-order valence-electron chi connectivity index (χ0n) is 6.04. The lowest BCUT2D eigenvalue weighted by atomic mass is 10.2. The second-order valence-corrected chi connectivity index (χ2v) is 2.52. The number of nitrogens with one attached hydrogen (secondary N) is 1.